The Morgan fingerprint density at radius 2 is 1.96 bits per heavy atom. The van der Waals surface area contributed by atoms with Gasteiger partial charge in [-0.1, -0.05) is 24.3 Å². The highest BCUT2D eigenvalue weighted by Gasteiger charge is 2.35. The molecule has 2 amide bonds. The summed E-state index contributed by atoms with van der Waals surface area (Å²) in [5, 5.41) is 3.01. The molecular weight excluding hydrogens is 326 g/mol. The third-order valence-electron chi connectivity index (χ3n) is 5.12. The first-order valence-electron chi connectivity index (χ1n) is 9.10. The second-order valence-corrected chi connectivity index (χ2v) is 6.98. The number of urea groups is 1. The molecule has 2 atom stereocenters. The van der Waals surface area contributed by atoms with E-state index in [9.17, 15) is 4.79 Å². The number of carbonyl (C=O) groups excluding carboxylic acids is 1. The van der Waals surface area contributed by atoms with Gasteiger partial charge in [0.25, 0.3) is 0 Å². The van der Waals surface area contributed by atoms with E-state index in [1.54, 1.807) is 12.4 Å². The number of nitrogens with one attached hydrogen (secondary N) is 1. The minimum Gasteiger partial charge on any atom is -0.489 e. The van der Waals surface area contributed by atoms with Crippen molar-refractivity contribution in [3.8, 4) is 5.75 Å². The van der Waals surface area contributed by atoms with Crippen LogP contribution in [0.3, 0.4) is 0 Å². The Balaban J connectivity index is 1.34. The van der Waals surface area contributed by atoms with Gasteiger partial charge in [0, 0.05) is 42.8 Å². The lowest BCUT2D eigenvalue weighted by molar-refractivity contribution is 0.220. The Morgan fingerprint density at radius 1 is 1.15 bits per heavy atom. The molecule has 2 aliphatic rings. The third-order valence-corrected chi connectivity index (χ3v) is 5.12. The fourth-order valence-electron chi connectivity index (χ4n) is 3.70. The molecule has 4 rings (SSSR count). The third kappa shape index (κ3) is 3.87. The summed E-state index contributed by atoms with van der Waals surface area (Å²) < 4.78 is 5.80. The molecule has 1 N–H and O–H groups in total. The Morgan fingerprint density at radius 3 is 2.69 bits per heavy atom. The summed E-state index contributed by atoms with van der Waals surface area (Å²) in [6.07, 6.45) is 10.2. The molecular formula is C21H23N3O2. The first-order valence-corrected chi connectivity index (χ1v) is 9.10. The average Bonchev–Trinajstić information content (AvgIpc) is 3.12. The van der Waals surface area contributed by atoms with E-state index in [2.05, 4.69) is 22.5 Å². The number of aromatic nitrogens is 1. The summed E-state index contributed by atoms with van der Waals surface area (Å²) in [7, 11) is 0. The smallest absolute Gasteiger partial charge is 0.321 e. The standard InChI is InChI=1S/C21H23N3O2/c25-21(24-13-17-6-1-2-7-18(17)14-24)23-19-8-3-9-20(11-19)26-15-16-5-4-10-22-12-16/h1-5,8-12,17-18H,6-7,13-15H2,(H,23,25)/t17-,18+. The molecule has 5 nitrogen and oxygen atoms in total. The number of likely N-dealkylation sites (tertiary alicyclic amines) is 1. The number of hydrogen-bond acceptors (Lipinski definition) is 3. The lowest BCUT2D eigenvalue weighted by Crippen LogP contribution is -2.33. The van der Waals surface area contributed by atoms with Gasteiger partial charge in [0.05, 0.1) is 0 Å². The number of hydrogen-bond donors (Lipinski definition) is 1. The SMILES string of the molecule is O=C(Nc1cccc(OCc2cccnc2)c1)N1C[C@H]2CC=CC[C@H]2C1. The summed E-state index contributed by atoms with van der Waals surface area (Å²) in [6.45, 7) is 2.14. The first-order chi connectivity index (χ1) is 12.8. The molecule has 1 aromatic heterocycles. The molecule has 0 spiro atoms. The van der Waals surface area contributed by atoms with Crippen molar-refractivity contribution in [1.82, 2.24) is 9.88 Å². The topological polar surface area (TPSA) is 54.5 Å². The van der Waals surface area contributed by atoms with Gasteiger partial charge in [-0.25, -0.2) is 4.79 Å². The van der Waals surface area contributed by atoms with Gasteiger partial charge in [0.1, 0.15) is 12.4 Å². The Hall–Kier alpha value is -2.82. The largest absolute Gasteiger partial charge is 0.489 e. The highest BCUT2D eigenvalue weighted by molar-refractivity contribution is 5.89. The van der Waals surface area contributed by atoms with E-state index in [-0.39, 0.29) is 6.03 Å². The molecule has 1 fully saturated rings. The molecule has 2 heterocycles. The molecule has 1 saturated heterocycles. The Labute approximate surface area is 153 Å². The molecule has 0 saturated carbocycles. The molecule has 1 aliphatic heterocycles. The molecule has 0 bridgehead atoms. The fourth-order valence-corrected chi connectivity index (χ4v) is 3.70. The van der Waals surface area contributed by atoms with Crippen LogP contribution >= 0.6 is 0 Å². The summed E-state index contributed by atoms with van der Waals surface area (Å²) in [5.74, 6) is 1.95. The lowest BCUT2D eigenvalue weighted by atomic mass is 9.86. The Kier molecular flexibility index (Phi) is 4.86. The fraction of sp³-hybridized carbons (Fsp3) is 0.333. The van der Waals surface area contributed by atoms with Gasteiger partial charge >= 0.3 is 6.03 Å². The van der Waals surface area contributed by atoms with Gasteiger partial charge < -0.3 is 15.0 Å². The zero-order chi connectivity index (χ0) is 17.8. The predicted octanol–water partition coefficient (Wildman–Crippen LogP) is 4.09. The molecule has 0 unspecified atom stereocenters. The molecule has 0 radical (unpaired) electrons. The molecule has 1 aliphatic carbocycles. The average molecular weight is 349 g/mol. The van der Waals surface area contributed by atoms with Gasteiger partial charge in [-0.2, -0.15) is 0 Å². The number of ether oxygens (including phenoxy) is 1. The van der Waals surface area contributed by atoms with Crippen molar-refractivity contribution in [2.45, 2.75) is 19.4 Å². The maximum Gasteiger partial charge on any atom is 0.321 e. The molecule has 134 valence electrons. The molecule has 26 heavy (non-hydrogen) atoms. The predicted molar refractivity (Wildman–Crippen MR) is 101 cm³/mol. The van der Waals surface area contributed by atoms with Crippen molar-refractivity contribution in [1.29, 1.82) is 0 Å². The number of rotatable bonds is 4. The van der Waals surface area contributed by atoms with Crippen LogP contribution in [-0.4, -0.2) is 29.0 Å². The zero-order valence-corrected chi connectivity index (χ0v) is 14.7. The van der Waals surface area contributed by atoms with E-state index >= 15 is 0 Å². The van der Waals surface area contributed by atoms with Crippen molar-refractivity contribution in [2.75, 3.05) is 18.4 Å². The quantitative estimate of drug-likeness (QED) is 0.846. The highest BCUT2D eigenvalue weighted by atomic mass is 16.5. The van der Waals surface area contributed by atoms with Crippen LogP contribution in [0.25, 0.3) is 0 Å². The highest BCUT2D eigenvalue weighted by Crippen LogP contribution is 2.33. The van der Waals surface area contributed by atoms with Gasteiger partial charge in [-0.15, -0.1) is 0 Å². The van der Waals surface area contributed by atoms with E-state index in [0.29, 0.717) is 18.4 Å². The van der Waals surface area contributed by atoms with Crippen LogP contribution in [0.4, 0.5) is 10.5 Å². The van der Waals surface area contributed by atoms with Crippen LogP contribution in [0.2, 0.25) is 0 Å². The minimum atomic E-state index is -0.0243. The van der Waals surface area contributed by atoms with Crippen molar-refractivity contribution >= 4 is 11.7 Å². The number of nitrogens with zero attached hydrogens (tertiary/aromatic N) is 2. The van der Waals surface area contributed by atoms with Crippen LogP contribution in [0.1, 0.15) is 18.4 Å². The number of benzene rings is 1. The summed E-state index contributed by atoms with van der Waals surface area (Å²) in [6, 6.07) is 11.4. The summed E-state index contributed by atoms with van der Waals surface area (Å²) in [5.41, 5.74) is 1.77. The summed E-state index contributed by atoms with van der Waals surface area (Å²) >= 11 is 0. The van der Waals surface area contributed by atoms with Crippen molar-refractivity contribution in [2.24, 2.45) is 11.8 Å². The number of carbonyl (C=O) groups is 1. The van der Waals surface area contributed by atoms with E-state index < -0.39 is 0 Å². The monoisotopic (exact) mass is 349 g/mol. The van der Waals surface area contributed by atoms with Crippen molar-refractivity contribution in [3.05, 3.63) is 66.5 Å². The van der Waals surface area contributed by atoms with Crippen LogP contribution in [-0.2, 0) is 6.61 Å². The first kappa shape index (κ1) is 16.6. The van der Waals surface area contributed by atoms with E-state index in [4.69, 9.17) is 4.74 Å². The Bertz CT molecular complexity index is 775. The maximum absolute atomic E-state index is 12.6. The van der Waals surface area contributed by atoms with E-state index in [1.165, 1.54) is 0 Å². The number of allylic oxidation sites excluding steroid dienone is 2. The second kappa shape index (κ2) is 7.60. The van der Waals surface area contributed by atoms with E-state index in [0.717, 1.165) is 42.9 Å². The number of pyridine rings is 1. The number of amides is 2. The van der Waals surface area contributed by atoms with Crippen molar-refractivity contribution < 1.29 is 9.53 Å². The zero-order valence-electron chi connectivity index (χ0n) is 14.7. The van der Waals surface area contributed by atoms with Crippen molar-refractivity contribution in [3.63, 3.8) is 0 Å². The number of anilines is 1. The van der Waals surface area contributed by atoms with Gasteiger partial charge in [0.2, 0.25) is 0 Å². The van der Waals surface area contributed by atoms with Crippen LogP contribution in [0, 0.1) is 11.8 Å². The second-order valence-electron chi connectivity index (χ2n) is 6.98. The van der Waals surface area contributed by atoms with Gasteiger partial charge in [-0.3, -0.25) is 4.98 Å². The molecule has 5 heteroatoms. The molecule has 1 aromatic carbocycles. The lowest BCUT2D eigenvalue weighted by Gasteiger charge is -2.17. The van der Waals surface area contributed by atoms with E-state index in [1.807, 2.05) is 41.3 Å². The number of fused-ring (bicyclic) bond motifs is 1. The van der Waals surface area contributed by atoms with Crippen LogP contribution in [0.15, 0.2) is 60.9 Å². The normalized spacial score (nSPS) is 21.3. The van der Waals surface area contributed by atoms with Crippen LogP contribution in [0.5, 0.6) is 5.75 Å². The molecule has 2 aromatic rings. The van der Waals surface area contributed by atoms with Gasteiger partial charge in [0.15, 0.2) is 0 Å². The van der Waals surface area contributed by atoms with Crippen LogP contribution < -0.4 is 10.1 Å². The van der Waals surface area contributed by atoms with Gasteiger partial charge in [-0.05, 0) is 42.9 Å². The summed E-state index contributed by atoms with van der Waals surface area (Å²) in [4.78, 5) is 18.6. The minimum absolute atomic E-state index is 0.0243. The maximum atomic E-state index is 12.6.